The number of para-hydroxylation sites is 2. The van der Waals surface area contributed by atoms with Crippen LogP contribution < -0.4 is 5.32 Å². The molecule has 7 heteroatoms. The van der Waals surface area contributed by atoms with Gasteiger partial charge in [0.2, 0.25) is 0 Å². The number of fused-ring (bicyclic) bond motifs is 1. The number of aromatic nitrogens is 3. The molecule has 0 unspecified atom stereocenters. The van der Waals surface area contributed by atoms with Gasteiger partial charge in [-0.1, -0.05) is 36.0 Å². The number of amides is 1. The molecule has 1 amide bonds. The number of imidazole rings is 1. The van der Waals surface area contributed by atoms with Gasteiger partial charge >= 0.3 is 0 Å². The van der Waals surface area contributed by atoms with E-state index in [0.29, 0.717) is 10.7 Å². The summed E-state index contributed by atoms with van der Waals surface area (Å²) in [5.41, 5.74) is 3.77. The normalized spacial score (nSPS) is 11.0. The van der Waals surface area contributed by atoms with Crippen LogP contribution in [-0.2, 0) is 5.75 Å². The van der Waals surface area contributed by atoms with Gasteiger partial charge in [0.1, 0.15) is 0 Å². The predicted octanol–water partition coefficient (Wildman–Crippen LogP) is 4.87. The van der Waals surface area contributed by atoms with Gasteiger partial charge in [-0.3, -0.25) is 10.1 Å². The van der Waals surface area contributed by atoms with Crippen LogP contribution in [0.15, 0.2) is 59.9 Å². The molecular formula is C19H16N4OS2. The number of hydrogen-bond donors (Lipinski definition) is 2. The maximum atomic E-state index is 12.2. The van der Waals surface area contributed by atoms with Gasteiger partial charge in [0.05, 0.1) is 11.0 Å². The minimum absolute atomic E-state index is 0.143. The molecule has 2 heterocycles. The van der Waals surface area contributed by atoms with Crippen molar-refractivity contribution in [2.45, 2.75) is 17.8 Å². The molecule has 0 fully saturated rings. The summed E-state index contributed by atoms with van der Waals surface area (Å²) in [6.07, 6.45) is 1.75. The molecule has 0 saturated carbocycles. The molecule has 5 nitrogen and oxygen atoms in total. The zero-order chi connectivity index (χ0) is 17.9. The topological polar surface area (TPSA) is 70.7 Å². The van der Waals surface area contributed by atoms with Crippen LogP contribution in [0.2, 0.25) is 0 Å². The van der Waals surface area contributed by atoms with Crippen LogP contribution in [0.3, 0.4) is 0 Å². The molecule has 0 spiro atoms. The predicted molar refractivity (Wildman–Crippen MR) is 107 cm³/mol. The third-order valence-electron chi connectivity index (χ3n) is 3.80. The molecule has 0 aliphatic carbocycles. The molecule has 0 atom stereocenters. The SMILES string of the molecule is Cc1cnc(NC(=O)c2ccc(CSc3nc4ccccc4[nH]3)cc2)s1. The van der Waals surface area contributed by atoms with Gasteiger partial charge in [-0.05, 0) is 36.8 Å². The van der Waals surface area contributed by atoms with E-state index in [1.807, 2.05) is 55.5 Å². The van der Waals surface area contributed by atoms with Crippen molar-refractivity contribution in [2.75, 3.05) is 5.32 Å². The second-order valence-electron chi connectivity index (χ2n) is 5.77. The number of thioether (sulfide) groups is 1. The minimum atomic E-state index is -0.143. The highest BCUT2D eigenvalue weighted by Gasteiger charge is 2.09. The maximum absolute atomic E-state index is 12.2. The molecule has 26 heavy (non-hydrogen) atoms. The largest absolute Gasteiger partial charge is 0.333 e. The zero-order valence-electron chi connectivity index (χ0n) is 14.0. The Balaban J connectivity index is 1.38. The van der Waals surface area contributed by atoms with Crippen molar-refractivity contribution < 1.29 is 4.79 Å². The number of aromatic amines is 1. The highest BCUT2D eigenvalue weighted by atomic mass is 32.2. The number of carbonyl (C=O) groups excluding carboxylic acids is 1. The van der Waals surface area contributed by atoms with Crippen LogP contribution in [0.5, 0.6) is 0 Å². The third kappa shape index (κ3) is 3.79. The molecule has 2 N–H and O–H groups in total. The Morgan fingerprint density at radius 3 is 2.73 bits per heavy atom. The quantitative estimate of drug-likeness (QED) is 0.485. The Bertz CT molecular complexity index is 1020. The number of aryl methyl sites for hydroxylation is 1. The Kier molecular flexibility index (Phi) is 4.73. The summed E-state index contributed by atoms with van der Waals surface area (Å²) in [6, 6.07) is 15.6. The molecular weight excluding hydrogens is 364 g/mol. The molecule has 2 aromatic carbocycles. The van der Waals surface area contributed by atoms with Crippen molar-refractivity contribution in [1.29, 1.82) is 0 Å². The third-order valence-corrected chi connectivity index (χ3v) is 5.57. The zero-order valence-corrected chi connectivity index (χ0v) is 15.7. The Labute approximate surface area is 158 Å². The van der Waals surface area contributed by atoms with Crippen molar-refractivity contribution in [3.05, 3.63) is 70.7 Å². The number of thiazole rings is 1. The van der Waals surface area contributed by atoms with Gasteiger partial charge < -0.3 is 4.98 Å². The number of H-pyrrole nitrogens is 1. The number of rotatable bonds is 5. The molecule has 0 bridgehead atoms. The van der Waals surface area contributed by atoms with Gasteiger partial charge in [0.25, 0.3) is 5.91 Å². The second kappa shape index (κ2) is 7.31. The van der Waals surface area contributed by atoms with Crippen LogP contribution in [-0.4, -0.2) is 20.9 Å². The maximum Gasteiger partial charge on any atom is 0.257 e. The Morgan fingerprint density at radius 2 is 2.00 bits per heavy atom. The Hall–Kier alpha value is -2.64. The van der Waals surface area contributed by atoms with Crippen LogP contribution >= 0.6 is 23.1 Å². The molecule has 130 valence electrons. The Morgan fingerprint density at radius 1 is 1.19 bits per heavy atom. The first-order chi connectivity index (χ1) is 12.7. The van der Waals surface area contributed by atoms with E-state index in [2.05, 4.69) is 20.3 Å². The van der Waals surface area contributed by atoms with E-state index in [1.54, 1.807) is 18.0 Å². The monoisotopic (exact) mass is 380 g/mol. The van der Waals surface area contributed by atoms with Crippen molar-refractivity contribution in [3.8, 4) is 0 Å². The van der Waals surface area contributed by atoms with Gasteiger partial charge in [-0.15, -0.1) is 11.3 Å². The first kappa shape index (κ1) is 16.8. The lowest BCUT2D eigenvalue weighted by Crippen LogP contribution is -2.11. The highest BCUT2D eigenvalue weighted by Crippen LogP contribution is 2.23. The van der Waals surface area contributed by atoms with Gasteiger partial charge in [0.15, 0.2) is 10.3 Å². The number of benzene rings is 2. The molecule has 0 saturated heterocycles. The van der Waals surface area contributed by atoms with E-state index in [-0.39, 0.29) is 5.91 Å². The van der Waals surface area contributed by atoms with E-state index in [0.717, 1.165) is 32.4 Å². The first-order valence-electron chi connectivity index (χ1n) is 8.08. The van der Waals surface area contributed by atoms with Crippen molar-refractivity contribution in [2.24, 2.45) is 0 Å². The van der Waals surface area contributed by atoms with E-state index in [1.165, 1.54) is 11.3 Å². The first-order valence-corrected chi connectivity index (χ1v) is 9.88. The fourth-order valence-electron chi connectivity index (χ4n) is 2.48. The van der Waals surface area contributed by atoms with E-state index in [4.69, 9.17) is 0 Å². The average Bonchev–Trinajstić information content (AvgIpc) is 3.25. The fraction of sp³-hybridized carbons (Fsp3) is 0.105. The summed E-state index contributed by atoms with van der Waals surface area (Å²) in [5, 5.41) is 4.34. The van der Waals surface area contributed by atoms with Crippen LogP contribution in [0.25, 0.3) is 11.0 Å². The number of nitrogens with one attached hydrogen (secondary N) is 2. The van der Waals surface area contributed by atoms with Gasteiger partial charge in [-0.25, -0.2) is 9.97 Å². The number of carbonyl (C=O) groups is 1. The van der Waals surface area contributed by atoms with Crippen molar-refractivity contribution in [3.63, 3.8) is 0 Å². The summed E-state index contributed by atoms with van der Waals surface area (Å²) >= 11 is 3.11. The smallest absolute Gasteiger partial charge is 0.257 e. The summed E-state index contributed by atoms with van der Waals surface area (Å²) in [5.74, 6) is 0.642. The van der Waals surface area contributed by atoms with Crippen molar-refractivity contribution in [1.82, 2.24) is 15.0 Å². The number of nitrogens with zero attached hydrogens (tertiary/aromatic N) is 2. The fourth-order valence-corrected chi connectivity index (χ4v) is 3.98. The lowest BCUT2D eigenvalue weighted by Gasteiger charge is -2.04. The highest BCUT2D eigenvalue weighted by molar-refractivity contribution is 7.98. The molecule has 4 rings (SSSR count). The number of anilines is 1. The van der Waals surface area contributed by atoms with Crippen LogP contribution in [0.1, 0.15) is 20.8 Å². The summed E-state index contributed by atoms with van der Waals surface area (Å²) in [7, 11) is 0. The average molecular weight is 380 g/mol. The molecule has 0 radical (unpaired) electrons. The standard InChI is InChI=1S/C19H16N4OS2/c1-12-10-20-18(26-12)23-17(24)14-8-6-13(7-9-14)11-25-19-21-15-4-2-3-5-16(15)22-19/h2-10H,11H2,1H3,(H,21,22)(H,20,23,24). The number of hydrogen-bond acceptors (Lipinski definition) is 5. The molecule has 2 aromatic heterocycles. The minimum Gasteiger partial charge on any atom is -0.333 e. The van der Waals surface area contributed by atoms with Crippen molar-refractivity contribution >= 4 is 45.2 Å². The molecule has 4 aromatic rings. The lowest BCUT2D eigenvalue weighted by atomic mass is 10.1. The van der Waals surface area contributed by atoms with E-state index in [9.17, 15) is 4.79 Å². The summed E-state index contributed by atoms with van der Waals surface area (Å²) in [6.45, 7) is 1.96. The van der Waals surface area contributed by atoms with Crippen LogP contribution in [0, 0.1) is 6.92 Å². The van der Waals surface area contributed by atoms with Gasteiger partial charge in [-0.2, -0.15) is 0 Å². The van der Waals surface area contributed by atoms with Gasteiger partial charge in [0, 0.05) is 22.4 Å². The summed E-state index contributed by atoms with van der Waals surface area (Å²) in [4.78, 5) is 25.3. The molecule has 0 aliphatic heterocycles. The lowest BCUT2D eigenvalue weighted by molar-refractivity contribution is 0.102. The summed E-state index contributed by atoms with van der Waals surface area (Å²) < 4.78 is 0. The second-order valence-corrected chi connectivity index (χ2v) is 7.97. The van der Waals surface area contributed by atoms with E-state index < -0.39 is 0 Å². The molecule has 0 aliphatic rings. The van der Waals surface area contributed by atoms with E-state index >= 15 is 0 Å². The van der Waals surface area contributed by atoms with Crippen LogP contribution in [0.4, 0.5) is 5.13 Å².